The Kier molecular flexibility index (Phi) is 3.05. The van der Waals surface area contributed by atoms with Gasteiger partial charge >= 0.3 is 0 Å². The van der Waals surface area contributed by atoms with Crippen molar-refractivity contribution in [3.8, 4) is 0 Å². The van der Waals surface area contributed by atoms with E-state index in [2.05, 4.69) is 18.0 Å². The summed E-state index contributed by atoms with van der Waals surface area (Å²) in [5, 5.41) is 0. The van der Waals surface area contributed by atoms with E-state index >= 15 is 0 Å². The molecule has 2 heteroatoms. The number of ether oxygens (including phenoxy) is 1. The predicted molar refractivity (Wildman–Crippen MR) is 44.3 cm³/mol. The van der Waals surface area contributed by atoms with E-state index in [0.29, 0.717) is 6.61 Å². The Labute approximate surface area is 67.2 Å². The number of methoxy groups -OCH3 is 1. The van der Waals surface area contributed by atoms with Crippen molar-refractivity contribution < 1.29 is 4.74 Å². The van der Waals surface area contributed by atoms with Gasteiger partial charge in [-0.05, 0) is 18.1 Å². The molecule has 11 heavy (non-hydrogen) atoms. The van der Waals surface area contributed by atoms with Crippen molar-refractivity contribution >= 4 is 0 Å². The molecular weight excluding hydrogens is 138 g/mol. The van der Waals surface area contributed by atoms with Gasteiger partial charge in [-0.15, -0.1) is 0 Å². The monoisotopic (exact) mass is 151 g/mol. The molecule has 0 aromatic carbocycles. The van der Waals surface area contributed by atoms with Gasteiger partial charge in [-0.2, -0.15) is 0 Å². The highest BCUT2D eigenvalue weighted by Gasteiger charge is 1.98. The Balaban J connectivity index is 2.83. The van der Waals surface area contributed by atoms with E-state index in [1.807, 2.05) is 12.3 Å². The van der Waals surface area contributed by atoms with Crippen LogP contribution in [0, 0.1) is 0 Å². The van der Waals surface area contributed by atoms with Crippen molar-refractivity contribution in [1.29, 1.82) is 0 Å². The Morgan fingerprint density at radius 2 is 2.36 bits per heavy atom. The van der Waals surface area contributed by atoms with E-state index in [1.165, 1.54) is 5.56 Å². The summed E-state index contributed by atoms with van der Waals surface area (Å²) in [5.74, 6) is 0. The van der Waals surface area contributed by atoms with Crippen LogP contribution in [-0.2, 0) is 17.8 Å². The molecule has 1 rings (SSSR count). The molecule has 2 nitrogen and oxygen atoms in total. The van der Waals surface area contributed by atoms with Crippen LogP contribution in [0.4, 0.5) is 0 Å². The predicted octanol–water partition coefficient (Wildman–Crippen LogP) is 1.79. The molecular formula is C9H13NO. The standard InChI is InChI=1S/C9H13NO/c1-3-9-8(7-11-2)5-4-6-10-9/h4-6H,3,7H2,1-2H3. The van der Waals surface area contributed by atoms with E-state index in [4.69, 9.17) is 4.74 Å². The van der Waals surface area contributed by atoms with Crippen LogP contribution in [0.2, 0.25) is 0 Å². The molecule has 0 atom stereocenters. The molecule has 0 saturated heterocycles. The Morgan fingerprint density at radius 1 is 1.55 bits per heavy atom. The fraction of sp³-hybridized carbons (Fsp3) is 0.444. The van der Waals surface area contributed by atoms with Crippen LogP contribution < -0.4 is 0 Å². The first-order valence-electron chi connectivity index (χ1n) is 3.80. The summed E-state index contributed by atoms with van der Waals surface area (Å²) in [4.78, 5) is 4.24. The number of aromatic nitrogens is 1. The van der Waals surface area contributed by atoms with Gasteiger partial charge in [-0.1, -0.05) is 13.0 Å². The van der Waals surface area contributed by atoms with Crippen LogP contribution in [0.1, 0.15) is 18.2 Å². The van der Waals surface area contributed by atoms with E-state index < -0.39 is 0 Å². The van der Waals surface area contributed by atoms with E-state index in [1.54, 1.807) is 7.11 Å². The molecule has 0 N–H and O–H groups in total. The van der Waals surface area contributed by atoms with Gasteiger partial charge in [-0.3, -0.25) is 4.98 Å². The smallest absolute Gasteiger partial charge is 0.0730 e. The van der Waals surface area contributed by atoms with Gasteiger partial charge in [0.05, 0.1) is 6.61 Å². The number of rotatable bonds is 3. The average Bonchev–Trinajstić information content (AvgIpc) is 2.06. The maximum Gasteiger partial charge on any atom is 0.0730 e. The summed E-state index contributed by atoms with van der Waals surface area (Å²) in [6, 6.07) is 3.99. The molecule has 0 spiro atoms. The van der Waals surface area contributed by atoms with Gasteiger partial charge in [0.15, 0.2) is 0 Å². The van der Waals surface area contributed by atoms with Gasteiger partial charge in [0.2, 0.25) is 0 Å². The lowest BCUT2D eigenvalue weighted by Gasteiger charge is -2.03. The maximum atomic E-state index is 5.03. The van der Waals surface area contributed by atoms with E-state index in [-0.39, 0.29) is 0 Å². The van der Waals surface area contributed by atoms with Crippen molar-refractivity contribution in [3.05, 3.63) is 29.6 Å². The molecule has 0 unspecified atom stereocenters. The normalized spacial score (nSPS) is 10.0. The Hall–Kier alpha value is -0.890. The molecule has 1 aromatic heterocycles. The third-order valence-corrected chi connectivity index (χ3v) is 1.62. The van der Waals surface area contributed by atoms with Crippen molar-refractivity contribution in [2.45, 2.75) is 20.0 Å². The first-order valence-corrected chi connectivity index (χ1v) is 3.80. The van der Waals surface area contributed by atoms with E-state index in [9.17, 15) is 0 Å². The van der Waals surface area contributed by atoms with Gasteiger partial charge in [0.25, 0.3) is 0 Å². The van der Waals surface area contributed by atoms with E-state index in [0.717, 1.165) is 12.1 Å². The maximum absolute atomic E-state index is 5.03. The van der Waals surface area contributed by atoms with Gasteiger partial charge in [0, 0.05) is 19.0 Å². The third kappa shape index (κ3) is 2.02. The van der Waals surface area contributed by atoms with Gasteiger partial charge in [-0.25, -0.2) is 0 Å². The lowest BCUT2D eigenvalue weighted by molar-refractivity contribution is 0.184. The lowest BCUT2D eigenvalue weighted by atomic mass is 10.2. The fourth-order valence-corrected chi connectivity index (χ4v) is 1.08. The summed E-state index contributed by atoms with van der Waals surface area (Å²) in [5.41, 5.74) is 2.33. The largest absolute Gasteiger partial charge is 0.380 e. The molecule has 0 aliphatic heterocycles. The van der Waals surface area contributed by atoms with Gasteiger partial charge in [0.1, 0.15) is 0 Å². The second-order valence-electron chi connectivity index (χ2n) is 2.40. The van der Waals surface area contributed by atoms with Gasteiger partial charge < -0.3 is 4.74 Å². The van der Waals surface area contributed by atoms with Crippen molar-refractivity contribution in [2.24, 2.45) is 0 Å². The highest BCUT2D eigenvalue weighted by atomic mass is 16.5. The number of aryl methyl sites for hydroxylation is 1. The van der Waals surface area contributed by atoms with Crippen molar-refractivity contribution in [2.75, 3.05) is 7.11 Å². The summed E-state index contributed by atoms with van der Waals surface area (Å²) in [6.45, 7) is 2.76. The second kappa shape index (κ2) is 4.09. The summed E-state index contributed by atoms with van der Waals surface area (Å²) in [7, 11) is 1.70. The second-order valence-corrected chi connectivity index (χ2v) is 2.40. The molecule has 0 fully saturated rings. The molecule has 0 bridgehead atoms. The zero-order valence-corrected chi connectivity index (χ0v) is 7.00. The van der Waals surface area contributed by atoms with Crippen LogP contribution in [0.25, 0.3) is 0 Å². The number of hydrogen-bond donors (Lipinski definition) is 0. The fourth-order valence-electron chi connectivity index (χ4n) is 1.08. The first kappa shape index (κ1) is 8.21. The topological polar surface area (TPSA) is 22.1 Å². The number of hydrogen-bond acceptors (Lipinski definition) is 2. The van der Waals surface area contributed by atoms with Crippen LogP contribution in [0.3, 0.4) is 0 Å². The SMILES string of the molecule is CCc1ncccc1COC. The zero-order valence-electron chi connectivity index (χ0n) is 7.00. The van der Waals surface area contributed by atoms with Crippen molar-refractivity contribution in [3.63, 3.8) is 0 Å². The molecule has 60 valence electrons. The summed E-state index contributed by atoms with van der Waals surface area (Å²) < 4.78 is 5.03. The molecule has 0 aliphatic rings. The van der Waals surface area contributed by atoms with Crippen LogP contribution in [0.15, 0.2) is 18.3 Å². The minimum Gasteiger partial charge on any atom is -0.380 e. The molecule has 0 saturated carbocycles. The first-order chi connectivity index (χ1) is 5.38. The number of nitrogens with zero attached hydrogens (tertiary/aromatic N) is 1. The highest BCUT2D eigenvalue weighted by Crippen LogP contribution is 2.06. The molecule has 0 amide bonds. The Bertz CT molecular complexity index is 223. The van der Waals surface area contributed by atoms with Crippen LogP contribution in [-0.4, -0.2) is 12.1 Å². The quantitative estimate of drug-likeness (QED) is 0.657. The third-order valence-electron chi connectivity index (χ3n) is 1.62. The molecule has 1 heterocycles. The summed E-state index contributed by atoms with van der Waals surface area (Å²) in [6.07, 6.45) is 2.79. The minimum absolute atomic E-state index is 0.664. The highest BCUT2D eigenvalue weighted by molar-refractivity contribution is 5.18. The lowest BCUT2D eigenvalue weighted by Crippen LogP contribution is -1.96. The molecule has 0 radical (unpaired) electrons. The average molecular weight is 151 g/mol. The minimum atomic E-state index is 0.664. The Morgan fingerprint density at radius 3 is 3.00 bits per heavy atom. The number of pyridine rings is 1. The summed E-state index contributed by atoms with van der Waals surface area (Å²) >= 11 is 0. The zero-order chi connectivity index (χ0) is 8.10. The van der Waals surface area contributed by atoms with Crippen LogP contribution in [0.5, 0.6) is 0 Å². The van der Waals surface area contributed by atoms with Crippen molar-refractivity contribution in [1.82, 2.24) is 4.98 Å². The van der Waals surface area contributed by atoms with Crippen LogP contribution >= 0.6 is 0 Å². The molecule has 1 aromatic rings. The molecule has 0 aliphatic carbocycles.